The van der Waals surface area contributed by atoms with Crippen molar-refractivity contribution in [1.82, 2.24) is 4.57 Å². The van der Waals surface area contributed by atoms with Gasteiger partial charge in [0.15, 0.2) is 11.4 Å². The summed E-state index contributed by atoms with van der Waals surface area (Å²) in [5.41, 5.74) is 1.60. The van der Waals surface area contributed by atoms with Crippen molar-refractivity contribution in [2.24, 2.45) is 0 Å². The molecule has 0 fully saturated rings. The summed E-state index contributed by atoms with van der Waals surface area (Å²) in [6.45, 7) is 6.32. The number of carboxylic acids is 1. The van der Waals surface area contributed by atoms with E-state index in [-0.39, 0.29) is 11.6 Å². The summed E-state index contributed by atoms with van der Waals surface area (Å²) >= 11 is 0. The maximum Gasteiger partial charge on any atom is 0.347 e. The fourth-order valence-electron chi connectivity index (χ4n) is 4.27. The van der Waals surface area contributed by atoms with Crippen LogP contribution in [-0.2, 0) is 17.8 Å². The van der Waals surface area contributed by atoms with E-state index >= 15 is 0 Å². The van der Waals surface area contributed by atoms with Gasteiger partial charge in [0.1, 0.15) is 17.3 Å². The van der Waals surface area contributed by atoms with Gasteiger partial charge in [-0.25, -0.2) is 9.18 Å². The first-order valence-electron chi connectivity index (χ1n) is 12.8. The Kier molecular flexibility index (Phi) is 8.15. The Morgan fingerprint density at radius 3 is 2.42 bits per heavy atom. The molecule has 0 amide bonds. The van der Waals surface area contributed by atoms with E-state index in [9.17, 15) is 19.1 Å². The van der Waals surface area contributed by atoms with E-state index in [4.69, 9.17) is 9.47 Å². The van der Waals surface area contributed by atoms with E-state index in [2.05, 4.69) is 11.5 Å². The largest absolute Gasteiger partial charge is 0.493 e. The zero-order chi connectivity index (χ0) is 27.3. The topological polar surface area (TPSA) is 77.8 Å². The molecule has 7 heteroatoms. The average molecular weight is 518 g/mol. The fourth-order valence-corrected chi connectivity index (χ4v) is 4.27. The number of hydrogen-bond donors (Lipinski definition) is 1. The molecule has 0 radical (unpaired) electrons. The number of halogens is 1. The lowest BCUT2D eigenvalue weighted by Crippen LogP contribution is -2.37. The lowest BCUT2D eigenvalue weighted by molar-refractivity contribution is -0.152. The molecule has 0 aliphatic carbocycles. The molecule has 1 heterocycles. The first kappa shape index (κ1) is 26.9. The minimum Gasteiger partial charge on any atom is -0.493 e. The van der Waals surface area contributed by atoms with Crippen LogP contribution in [0.4, 0.5) is 4.39 Å². The second-order valence-corrected chi connectivity index (χ2v) is 9.76. The standard InChI is InChI=1S/C31H32FNO5/c1-4-6-23-19-24(29(34)22-7-11-25(32)12-8-22)10-14-28(23)37-18-5-16-33-17-15-21-9-13-26(20-27(21)33)38-31(2,3)30(35)36/h7-15,17,19-20H,4-6,16,18H2,1-3H3,(H,35,36). The zero-order valence-corrected chi connectivity index (χ0v) is 21.9. The molecule has 0 atom stereocenters. The number of carboxylic acid groups (broad SMARTS) is 1. The number of ketones is 1. The summed E-state index contributed by atoms with van der Waals surface area (Å²) in [7, 11) is 0. The maximum atomic E-state index is 13.2. The number of aromatic nitrogens is 1. The molecule has 0 bridgehead atoms. The molecule has 0 aliphatic rings. The smallest absolute Gasteiger partial charge is 0.347 e. The lowest BCUT2D eigenvalue weighted by atomic mass is 9.99. The predicted octanol–water partition coefficient (Wildman–Crippen LogP) is 6.68. The van der Waals surface area contributed by atoms with Gasteiger partial charge in [0.05, 0.1) is 12.1 Å². The molecule has 4 rings (SSSR count). The van der Waals surface area contributed by atoms with Crippen molar-refractivity contribution in [1.29, 1.82) is 0 Å². The van der Waals surface area contributed by atoms with Gasteiger partial charge in [-0.15, -0.1) is 0 Å². The number of aliphatic carboxylic acids is 1. The van der Waals surface area contributed by atoms with Crippen LogP contribution < -0.4 is 9.47 Å². The van der Waals surface area contributed by atoms with Gasteiger partial charge in [-0.2, -0.15) is 0 Å². The van der Waals surface area contributed by atoms with E-state index < -0.39 is 11.6 Å². The minimum atomic E-state index is -1.33. The van der Waals surface area contributed by atoms with Crippen molar-refractivity contribution >= 4 is 22.7 Å². The van der Waals surface area contributed by atoms with Crippen LogP contribution >= 0.6 is 0 Å². The van der Waals surface area contributed by atoms with Crippen LogP contribution in [0.25, 0.3) is 10.9 Å². The highest BCUT2D eigenvalue weighted by atomic mass is 19.1. The van der Waals surface area contributed by atoms with Crippen LogP contribution in [0.2, 0.25) is 0 Å². The zero-order valence-electron chi connectivity index (χ0n) is 21.9. The molecule has 1 N–H and O–H groups in total. The molecule has 0 aliphatic heterocycles. The van der Waals surface area contributed by atoms with Crippen molar-refractivity contribution in [2.75, 3.05) is 6.61 Å². The number of nitrogens with zero attached hydrogens (tertiary/aromatic N) is 1. The van der Waals surface area contributed by atoms with Crippen molar-refractivity contribution < 1.29 is 28.6 Å². The third kappa shape index (κ3) is 6.22. The Bertz CT molecular complexity index is 1440. The van der Waals surface area contributed by atoms with Crippen molar-refractivity contribution in [3.63, 3.8) is 0 Å². The summed E-state index contributed by atoms with van der Waals surface area (Å²) in [5, 5.41) is 10.4. The van der Waals surface area contributed by atoms with Crippen LogP contribution in [-0.4, -0.2) is 33.6 Å². The molecule has 38 heavy (non-hydrogen) atoms. The van der Waals surface area contributed by atoms with Gasteiger partial charge in [-0.3, -0.25) is 4.79 Å². The molecule has 4 aromatic rings. The van der Waals surface area contributed by atoms with E-state index in [1.807, 2.05) is 36.5 Å². The Labute approximate surface area is 221 Å². The van der Waals surface area contributed by atoms with Crippen molar-refractivity contribution in [2.45, 2.75) is 52.2 Å². The first-order valence-corrected chi connectivity index (χ1v) is 12.8. The number of aryl methyl sites for hydroxylation is 2. The molecule has 0 spiro atoms. The van der Waals surface area contributed by atoms with Gasteiger partial charge >= 0.3 is 5.97 Å². The minimum absolute atomic E-state index is 0.150. The molecule has 0 saturated carbocycles. The van der Waals surface area contributed by atoms with E-state index in [0.29, 0.717) is 30.0 Å². The Morgan fingerprint density at radius 2 is 1.71 bits per heavy atom. The number of benzene rings is 3. The molecular weight excluding hydrogens is 485 g/mol. The number of carbonyl (C=O) groups excluding carboxylic acids is 1. The molecule has 0 saturated heterocycles. The Balaban J connectivity index is 1.41. The van der Waals surface area contributed by atoms with Gasteiger partial charge in [-0.05, 0) is 98.3 Å². The molecular formula is C31H32FNO5. The van der Waals surface area contributed by atoms with E-state index in [0.717, 1.165) is 41.5 Å². The SMILES string of the molecule is CCCc1cc(C(=O)c2ccc(F)cc2)ccc1OCCCn1ccc2ccc(OC(C)(C)C(=O)O)cc21. The summed E-state index contributed by atoms with van der Waals surface area (Å²) in [5.74, 6) is -0.295. The second kappa shape index (κ2) is 11.5. The number of hydrogen-bond acceptors (Lipinski definition) is 4. The first-order chi connectivity index (χ1) is 18.2. The van der Waals surface area contributed by atoms with Crippen LogP contribution in [0.5, 0.6) is 11.5 Å². The predicted molar refractivity (Wildman–Crippen MR) is 145 cm³/mol. The molecule has 198 valence electrons. The normalized spacial score (nSPS) is 11.5. The Hall–Kier alpha value is -4.13. The summed E-state index contributed by atoms with van der Waals surface area (Å²) in [4.78, 5) is 24.3. The number of carbonyl (C=O) groups is 2. The molecule has 0 unspecified atom stereocenters. The highest BCUT2D eigenvalue weighted by molar-refractivity contribution is 6.09. The van der Waals surface area contributed by atoms with Crippen molar-refractivity contribution in [3.8, 4) is 11.5 Å². The molecule has 1 aromatic heterocycles. The second-order valence-electron chi connectivity index (χ2n) is 9.76. The highest BCUT2D eigenvalue weighted by Crippen LogP contribution is 2.27. The molecule has 6 nitrogen and oxygen atoms in total. The van der Waals surface area contributed by atoms with Gasteiger partial charge in [-0.1, -0.05) is 13.3 Å². The number of rotatable bonds is 12. The van der Waals surface area contributed by atoms with Gasteiger partial charge in [0.2, 0.25) is 0 Å². The third-order valence-electron chi connectivity index (χ3n) is 6.38. The van der Waals surface area contributed by atoms with E-state index in [1.54, 1.807) is 12.1 Å². The van der Waals surface area contributed by atoms with Crippen LogP contribution in [0, 0.1) is 5.82 Å². The summed E-state index contributed by atoms with van der Waals surface area (Å²) in [6.07, 6.45) is 4.42. The molecule has 3 aromatic carbocycles. The maximum absolute atomic E-state index is 13.2. The summed E-state index contributed by atoms with van der Waals surface area (Å²) in [6, 6.07) is 18.6. The van der Waals surface area contributed by atoms with Gasteiger partial charge in [0.25, 0.3) is 0 Å². The quantitative estimate of drug-likeness (QED) is 0.168. The summed E-state index contributed by atoms with van der Waals surface area (Å²) < 4.78 is 27.1. The van der Waals surface area contributed by atoms with Crippen LogP contribution in [0.15, 0.2) is 72.9 Å². The highest BCUT2D eigenvalue weighted by Gasteiger charge is 2.29. The van der Waals surface area contributed by atoms with Gasteiger partial charge < -0.3 is 19.1 Å². The van der Waals surface area contributed by atoms with Gasteiger partial charge in [0, 0.05) is 29.9 Å². The van der Waals surface area contributed by atoms with Crippen molar-refractivity contribution in [3.05, 3.63) is 95.4 Å². The lowest BCUT2D eigenvalue weighted by Gasteiger charge is -2.21. The average Bonchev–Trinajstić information content (AvgIpc) is 3.29. The third-order valence-corrected chi connectivity index (χ3v) is 6.38. The van der Waals surface area contributed by atoms with Crippen LogP contribution in [0.3, 0.4) is 0 Å². The van der Waals surface area contributed by atoms with Crippen LogP contribution in [0.1, 0.15) is 55.1 Å². The van der Waals surface area contributed by atoms with E-state index in [1.165, 1.54) is 38.1 Å². The number of fused-ring (bicyclic) bond motifs is 1. The fraction of sp³-hybridized carbons (Fsp3) is 0.290. The Morgan fingerprint density at radius 1 is 0.974 bits per heavy atom. The number of ether oxygens (including phenoxy) is 2. The monoisotopic (exact) mass is 517 g/mol.